The predicted octanol–water partition coefficient (Wildman–Crippen LogP) is 15.7. The van der Waals surface area contributed by atoms with Crippen LogP contribution in [0.25, 0.3) is 72.3 Å². The van der Waals surface area contributed by atoms with Gasteiger partial charge in [0.05, 0.1) is 45.8 Å². The van der Waals surface area contributed by atoms with Gasteiger partial charge in [-0.2, -0.15) is 0 Å². The Kier molecular flexibility index (Phi) is 8.17. The Morgan fingerprint density at radius 1 is 0.621 bits per heavy atom. The molecule has 0 aliphatic heterocycles. The van der Waals surface area contributed by atoms with Crippen LogP contribution in [-0.2, 0) is 10.8 Å². The predicted molar refractivity (Wildman–Crippen MR) is 274 cm³/mol. The molecule has 0 N–H and O–H groups in total. The highest BCUT2D eigenvalue weighted by molar-refractivity contribution is 6.09. The number of fused-ring (bicyclic) bond motifs is 4. The number of benzene rings is 7. The lowest BCUT2D eigenvalue weighted by molar-refractivity contribution is -0.571. The van der Waals surface area contributed by atoms with Gasteiger partial charge >= 0.3 is 0 Å². The number of hydrogen-bond donors (Lipinski definition) is 0. The van der Waals surface area contributed by atoms with E-state index in [1.165, 1.54) is 0 Å². The van der Waals surface area contributed by atoms with E-state index in [0.717, 1.165) is 33.3 Å². The molecular formula is C61H58N4O. The van der Waals surface area contributed by atoms with E-state index >= 15 is 0 Å². The Hall–Kier alpha value is -7.24. The second kappa shape index (κ2) is 16.6. The molecule has 0 fully saturated rings. The molecule has 3 aromatic heterocycles. The summed E-state index contributed by atoms with van der Waals surface area (Å²) in [5.74, 6) is 0.285. The molecule has 7 aromatic carbocycles. The van der Waals surface area contributed by atoms with Crippen molar-refractivity contribution in [3.05, 3.63) is 199 Å². The van der Waals surface area contributed by atoms with Crippen molar-refractivity contribution in [3.8, 4) is 50.9 Å². The van der Waals surface area contributed by atoms with Crippen LogP contribution in [0.2, 0.25) is 0 Å². The molecule has 1 unspecified atom stereocenters. The number of imidazole rings is 1. The molecule has 0 amide bonds. The SMILES string of the molecule is [2H]c1c([2H])c([2H])c(-c2cccc(-c3cc(C(C)(C)C)cc(C(C)(C)C)c3)c2-[n+]2[c-]n(-c3cccc(Oc4ccc5c6c([2H])c([2H])c([2H])c([2H])c6n(-c6cc(C([2H])(C)C(C)C)ccn6)c5c4)c3)c3ccccc32)c([2H])c1[2H]. The molecule has 328 valence electrons. The Balaban J connectivity index is 1.16. The number of hydrogen-bond acceptors (Lipinski definition) is 2. The summed E-state index contributed by atoms with van der Waals surface area (Å²) in [6.07, 6.45) is 5.27. The van der Waals surface area contributed by atoms with Crippen molar-refractivity contribution in [2.45, 2.75) is 79.0 Å². The summed E-state index contributed by atoms with van der Waals surface area (Å²) in [5, 5.41) is 0.921. The molecule has 3 heterocycles. The van der Waals surface area contributed by atoms with Crippen molar-refractivity contribution in [3.63, 3.8) is 0 Å². The molecule has 0 aliphatic rings. The second-order valence-electron chi connectivity index (χ2n) is 19.3. The molecule has 5 nitrogen and oxygen atoms in total. The molecule has 0 spiro atoms. The molecule has 66 heavy (non-hydrogen) atoms. The van der Waals surface area contributed by atoms with Crippen molar-refractivity contribution >= 4 is 32.8 Å². The first kappa shape index (κ1) is 32.4. The van der Waals surface area contributed by atoms with E-state index in [-0.39, 0.29) is 64.1 Å². The van der Waals surface area contributed by atoms with Crippen LogP contribution in [0.1, 0.15) is 98.6 Å². The molecule has 0 aliphatic carbocycles. The standard InChI is InChI=1S/C61H58N4O/c1-40(2)41(3)43-31-32-62-58(35-43)65-54-26-14-13-23-52(54)53-30-29-49(38-57(53)65)66-48-22-17-21-47(37-48)63-39-64(56-28-16-15-27-55(56)63)59-50(42-19-11-10-12-20-42)24-18-25-51(59)44-33-45(60(4,5)6)36-46(34-44)61(7,8)9/h10-38,40-41H,1-9H3/i10D,11D,12D,13D,14D,19D,20D,23D,26D,41D. The van der Waals surface area contributed by atoms with Gasteiger partial charge in [0.2, 0.25) is 0 Å². The number of aromatic nitrogens is 4. The average molecular weight is 873 g/mol. The van der Waals surface area contributed by atoms with Crippen LogP contribution < -0.4 is 9.30 Å². The number of pyridine rings is 1. The highest BCUT2D eigenvalue weighted by Gasteiger charge is 2.25. The fourth-order valence-electron chi connectivity index (χ4n) is 8.61. The van der Waals surface area contributed by atoms with Crippen molar-refractivity contribution in [1.82, 2.24) is 14.1 Å². The molecule has 10 rings (SSSR count). The third-order valence-corrected chi connectivity index (χ3v) is 12.5. The molecule has 10 aromatic rings. The minimum Gasteiger partial charge on any atom is -0.458 e. The molecule has 5 heteroatoms. The summed E-state index contributed by atoms with van der Waals surface area (Å²) in [6, 6.07) is 33.6. The van der Waals surface area contributed by atoms with Crippen LogP contribution in [0, 0.1) is 12.2 Å². The van der Waals surface area contributed by atoms with E-state index in [0.29, 0.717) is 56.1 Å². The first-order chi connectivity index (χ1) is 35.8. The van der Waals surface area contributed by atoms with Crippen molar-refractivity contribution in [2.75, 3.05) is 0 Å². The zero-order valence-corrected chi connectivity index (χ0v) is 38.8. The summed E-state index contributed by atoms with van der Waals surface area (Å²) < 4.78 is 101. The van der Waals surface area contributed by atoms with Gasteiger partial charge in [-0.25, -0.2) is 4.98 Å². The third kappa shape index (κ3) is 7.87. The summed E-state index contributed by atoms with van der Waals surface area (Å²) in [6.45, 7) is 18.9. The normalized spacial score (nSPS) is 15.3. The van der Waals surface area contributed by atoms with E-state index in [9.17, 15) is 4.11 Å². The Labute approximate surface area is 403 Å². The maximum absolute atomic E-state index is 9.21. The molecule has 0 radical (unpaired) electrons. The Morgan fingerprint density at radius 3 is 2.05 bits per heavy atom. The zero-order valence-electron chi connectivity index (χ0n) is 48.8. The van der Waals surface area contributed by atoms with Gasteiger partial charge in [-0.15, -0.1) is 0 Å². The molecular weight excluding hydrogens is 805 g/mol. The topological polar surface area (TPSA) is 35.9 Å². The van der Waals surface area contributed by atoms with Crippen molar-refractivity contribution < 1.29 is 23.0 Å². The molecule has 0 saturated heterocycles. The van der Waals surface area contributed by atoms with E-state index < -0.39 is 24.0 Å². The monoisotopic (exact) mass is 873 g/mol. The van der Waals surface area contributed by atoms with Crippen LogP contribution in [0.4, 0.5) is 0 Å². The van der Waals surface area contributed by atoms with Gasteiger partial charge in [-0.1, -0.05) is 177 Å². The van der Waals surface area contributed by atoms with Crippen molar-refractivity contribution in [2.24, 2.45) is 5.92 Å². The van der Waals surface area contributed by atoms with Crippen LogP contribution in [-0.4, -0.2) is 14.1 Å². The van der Waals surface area contributed by atoms with E-state index in [1.54, 1.807) is 41.1 Å². The first-order valence-corrected chi connectivity index (χ1v) is 22.4. The quantitative estimate of drug-likeness (QED) is 0.107. The highest BCUT2D eigenvalue weighted by Crippen LogP contribution is 2.40. The van der Waals surface area contributed by atoms with Crippen LogP contribution in [0.5, 0.6) is 11.5 Å². The lowest BCUT2D eigenvalue weighted by Crippen LogP contribution is -2.31. The highest BCUT2D eigenvalue weighted by atomic mass is 16.5. The maximum Gasteiger partial charge on any atom is 0.269 e. The van der Waals surface area contributed by atoms with Gasteiger partial charge in [-0.05, 0) is 110 Å². The Morgan fingerprint density at radius 2 is 1.30 bits per heavy atom. The first-order valence-electron chi connectivity index (χ1n) is 27.4. The number of para-hydroxylation sites is 4. The summed E-state index contributed by atoms with van der Waals surface area (Å²) >= 11 is 0. The lowest BCUT2D eigenvalue weighted by atomic mass is 9.78. The van der Waals surface area contributed by atoms with Gasteiger partial charge < -0.3 is 4.74 Å². The van der Waals surface area contributed by atoms with E-state index in [2.05, 4.69) is 66.1 Å². The van der Waals surface area contributed by atoms with E-state index in [4.69, 9.17) is 19.3 Å². The third-order valence-electron chi connectivity index (χ3n) is 12.5. The molecule has 0 saturated carbocycles. The number of ether oxygens (including phenoxy) is 1. The lowest BCUT2D eigenvalue weighted by Gasteiger charge is -2.27. The van der Waals surface area contributed by atoms with Crippen LogP contribution in [0.15, 0.2) is 176 Å². The Bertz CT molecular complexity index is 3950. The number of nitrogens with zero attached hydrogens (tertiary/aromatic N) is 4. The van der Waals surface area contributed by atoms with Gasteiger partial charge in [-0.3, -0.25) is 13.7 Å². The summed E-state index contributed by atoms with van der Waals surface area (Å²) in [7, 11) is 0. The molecule has 1 atom stereocenters. The zero-order chi connectivity index (χ0) is 54.7. The van der Waals surface area contributed by atoms with Crippen molar-refractivity contribution in [1.29, 1.82) is 0 Å². The summed E-state index contributed by atoms with van der Waals surface area (Å²) in [5.41, 5.74) is 8.27. The maximum atomic E-state index is 9.21. The smallest absolute Gasteiger partial charge is 0.269 e. The fraction of sp³-hybridized carbons (Fsp3) is 0.213. The minimum absolute atomic E-state index is 0.0376. The summed E-state index contributed by atoms with van der Waals surface area (Å²) in [4.78, 5) is 4.71. The van der Waals surface area contributed by atoms with Gasteiger partial charge in [0, 0.05) is 24.4 Å². The van der Waals surface area contributed by atoms with Crippen LogP contribution >= 0.6 is 0 Å². The number of rotatable bonds is 9. The van der Waals surface area contributed by atoms with Gasteiger partial charge in [0.25, 0.3) is 6.33 Å². The van der Waals surface area contributed by atoms with Gasteiger partial charge in [0.15, 0.2) is 0 Å². The minimum atomic E-state index is -0.971. The largest absolute Gasteiger partial charge is 0.458 e. The second-order valence-corrected chi connectivity index (χ2v) is 19.3. The molecule has 0 bridgehead atoms. The van der Waals surface area contributed by atoms with Crippen LogP contribution in [0.3, 0.4) is 0 Å². The average Bonchev–Trinajstić information content (AvgIpc) is 4.15. The van der Waals surface area contributed by atoms with E-state index in [1.807, 2.05) is 96.6 Å². The van der Waals surface area contributed by atoms with Gasteiger partial charge in [0.1, 0.15) is 17.3 Å². The fourth-order valence-corrected chi connectivity index (χ4v) is 8.61.